The molecule has 0 fully saturated rings. The molecule has 0 aromatic carbocycles. The lowest BCUT2D eigenvalue weighted by Crippen LogP contribution is -2.11. The van der Waals surface area contributed by atoms with E-state index in [1.54, 1.807) is 7.05 Å². The largest absolute Gasteiger partial charge is 0.493 e. The van der Waals surface area contributed by atoms with Crippen molar-refractivity contribution in [2.45, 2.75) is 6.42 Å². The molecule has 0 aromatic heterocycles. The van der Waals surface area contributed by atoms with Crippen LogP contribution in [0.2, 0.25) is 0 Å². The highest BCUT2D eigenvalue weighted by atomic mass is 19.1. The number of aliphatic hydroxyl groups is 1. The van der Waals surface area contributed by atoms with Crippen LogP contribution in [0.1, 0.15) is 6.42 Å². The van der Waals surface area contributed by atoms with Gasteiger partial charge >= 0.3 is 0 Å². The van der Waals surface area contributed by atoms with Crippen LogP contribution in [-0.2, 0) is 0 Å². The van der Waals surface area contributed by atoms with Gasteiger partial charge in [-0.3, -0.25) is 0 Å². The van der Waals surface area contributed by atoms with E-state index in [2.05, 4.69) is 0 Å². The van der Waals surface area contributed by atoms with Crippen molar-refractivity contribution >= 4 is 0 Å². The van der Waals surface area contributed by atoms with Crippen molar-refractivity contribution < 1.29 is 9.50 Å². The van der Waals surface area contributed by atoms with Crippen molar-refractivity contribution in [3.8, 4) is 0 Å². The highest BCUT2D eigenvalue weighted by molar-refractivity contribution is 5.04. The minimum atomic E-state index is -0.396. The molecule has 0 amide bonds. The van der Waals surface area contributed by atoms with E-state index in [-0.39, 0.29) is 5.88 Å². The van der Waals surface area contributed by atoms with E-state index in [4.69, 9.17) is 5.11 Å². The molecule has 8 heavy (non-hydrogen) atoms. The van der Waals surface area contributed by atoms with Gasteiger partial charge in [-0.25, -0.2) is 4.39 Å². The van der Waals surface area contributed by atoms with E-state index in [1.807, 2.05) is 0 Å². The molecule has 1 N–H and O–H groups in total. The molecule has 0 spiro atoms. The normalized spacial score (nSPS) is 20.5. The predicted molar refractivity (Wildman–Crippen MR) is 28.0 cm³/mol. The van der Waals surface area contributed by atoms with Gasteiger partial charge in [-0.05, 0) is 0 Å². The molecule has 0 aromatic rings. The third-order valence-corrected chi connectivity index (χ3v) is 1.27. The lowest BCUT2D eigenvalue weighted by molar-refractivity contribution is 0.249. The summed E-state index contributed by atoms with van der Waals surface area (Å²) in [5, 5.41) is 8.70. The van der Waals surface area contributed by atoms with Gasteiger partial charge < -0.3 is 10.0 Å². The monoisotopic (exact) mass is 117 g/mol. The molecule has 0 aliphatic carbocycles. The van der Waals surface area contributed by atoms with Gasteiger partial charge in [0.1, 0.15) is 0 Å². The summed E-state index contributed by atoms with van der Waals surface area (Å²) < 4.78 is 12.2. The number of hydrogen-bond donors (Lipinski definition) is 1. The number of aliphatic hydroxyl groups excluding tert-OH is 1. The van der Waals surface area contributed by atoms with Crippen molar-refractivity contribution in [3.63, 3.8) is 0 Å². The maximum absolute atomic E-state index is 12.2. The average molecular weight is 117 g/mol. The fraction of sp³-hybridized carbons (Fsp3) is 0.600. The summed E-state index contributed by atoms with van der Waals surface area (Å²) >= 11 is 0. The molecule has 1 aliphatic rings. The Bertz CT molecular complexity index is 132. The Balaban J connectivity index is 2.71. The number of halogens is 1. The van der Waals surface area contributed by atoms with Crippen molar-refractivity contribution in [3.05, 3.63) is 11.7 Å². The molecule has 0 saturated carbocycles. The van der Waals surface area contributed by atoms with E-state index in [0.29, 0.717) is 13.0 Å². The lowest BCUT2D eigenvalue weighted by atomic mass is 10.4. The van der Waals surface area contributed by atoms with Crippen LogP contribution >= 0.6 is 0 Å². The van der Waals surface area contributed by atoms with E-state index >= 15 is 0 Å². The maximum Gasteiger partial charge on any atom is 0.219 e. The Morgan fingerprint density at radius 2 is 2.38 bits per heavy atom. The molecule has 1 heterocycles. The zero-order valence-electron chi connectivity index (χ0n) is 4.69. The van der Waals surface area contributed by atoms with Gasteiger partial charge in [-0.2, -0.15) is 0 Å². The minimum Gasteiger partial charge on any atom is -0.493 e. The molecule has 2 nitrogen and oxygen atoms in total. The lowest BCUT2D eigenvalue weighted by Gasteiger charge is -2.07. The molecular formula is C5H8FNO. The molecule has 46 valence electrons. The quantitative estimate of drug-likeness (QED) is 0.512. The first-order valence-corrected chi connectivity index (χ1v) is 2.50. The topological polar surface area (TPSA) is 23.5 Å². The Morgan fingerprint density at radius 1 is 1.75 bits per heavy atom. The summed E-state index contributed by atoms with van der Waals surface area (Å²) in [6, 6.07) is 0. The highest BCUT2D eigenvalue weighted by Crippen LogP contribution is 2.18. The zero-order valence-corrected chi connectivity index (χ0v) is 4.69. The third kappa shape index (κ3) is 0.638. The summed E-state index contributed by atoms with van der Waals surface area (Å²) in [7, 11) is 1.65. The summed E-state index contributed by atoms with van der Waals surface area (Å²) in [6.45, 7) is 0.595. The van der Waals surface area contributed by atoms with Crippen LogP contribution in [0.25, 0.3) is 0 Å². The van der Waals surface area contributed by atoms with Crippen LogP contribution in [0.15, 0.2) is 11.7 Å². The van der Waals surface area contributed by atoms with Crippen LogP contribution in [0.4, 0.5) is 4.39 Å². The minimum absolute atomic E-state index is 0.204. The highest BCUT2D eigenvalue weighted by Gasteiger charge is 2.17. The van der Waals surface area contributed by atoms with Gasteiger partial charge in [0.15, 0.2) is 5.83 Å². The van der Waals surface area contributed by atoms with Crippen molar-refractivity contribution in [2.24, 2.45) is 0 Å². The molecule has 0 unspecified atom stereocenters. The van der Waals surface area contributed by atoms with Crippen molar-refractivity contribution in [1.29, 1.82) is 0 Å². The van der Waals surface area contributed by atoms with Gasteiger partial charge in [0.2, 0.25) is 5.88 Å². The zero-order chi connectivity index (χ0) is 6.15. The van der Waals surface area contributed by atoms with Crippen molar-refractivity contribution in [2.75, 3.05) is 13.6 Å². The Hall–Kier alpha value is -0.730. The van der Waals surface area contributed by atoms with Crippen LogP contribution < -0.4 is 0 Å². The first-order chi connectivity index (χ1) is 3.72. The molecule has 1 rings (SSSR count). The third-order valence-electron chi connectivity index (χ3n) is 1.27. The fourth-order valence-corrected chi connectivity index (χ4v) is 0.691. The molecule has 0 radical (unpaired) electrons. The summed E-state index contributed by atoms with van der Waals surface area (Å²) in [4.78, 5) is 1.48. The molecule has 0 bridgehead atoms. The SMILES string of the molecule is CN1CCC(F)=C1O. The first kappa shape index (κ1) is 5.41. The van der Waals surface area contributed by atoms with Gasteiger partial charge in [-0.1, -0.05) is 0 Å². The smallest absolute Gasteiger partial charge is 0.219 e. The Kier molecular flexibility index (Phi) is 1.12. The maximum atomic E-state index is 12.2. The molecule has 3 heteroatoms. The summed E-state index contributed by atoms with van der Waals surface area (Å²) in [5.41, 5.74) is 0. The van der Waals surface area contributed by atoms with E-state index in [9.17, 15) is 4.39 Å². The van der Waals surface area contributed by atoms with Gasteiger partial charge in [-0.15, -0.1) is 0 Å². The van der Waals surface area contributed by atoms with Crippen LogP contribution in [-0.4, -0.2) is 23.6 Å². The molecule has 0 atom stereocenters. The van der Waals surface area contributed by atoms with E-state index < -0.39 is 5.83 Å². The van der Waals surface area contributed by atoms with Gasteiger partial charge in [0.05, 0.1) is 0 Å². The Labute approximate surface area is 47.2 Å². The Morgan fingerprint density at radius 3 is 2.50 bits per heavy atom. The fourth-order valence-electron chi connectivity index (χ4n) is 0.691. The van der Waals surface area contributed by atoms with Crippen LogP contribution in [0.3, 0.4) is 0 Å². The second-order valence-electron chi connectivity index (χ2n) is 1.90. The average Bonchev–Trinajstić information content (AvgIpc) is 1.98. The summed E-state index contributed by atoms with van der Waals surface area (Å²) in [5.74, 6) is -0.600. The molecular weight excluding hydrogens is 109 g/mol. The number of hydrogen-bond acceptors (Lipinski definition) is 2. The van der Waals surface area contributed by atoms with Crippen LogP contribution in [0, 0.1) is 0 Å². The second-order valence-corrected chi connectivity index (χ2v) is 1.90. The molecule has 1 aliphatic heterocycles. The number of nitrogens with zero attached hydrogens (tertiary/aromatic N) is 1. The molecule has 0 saturated heterocycles. The summed E-state index contributed by atoms with van der Waals surface area (Å²) in [6.07, 6.45) is 0.350. The predicted octanol–water partition coefficient (Wildman–Crippen LogP) is 1.02. The van der Waals surface area contributed by atoms with Crippen LogP contribution in [0.5, 0.6) is 0 Å². The van der Waals surface area contributed by atoms with Crippen molar-refractivity contribution in [1.82, 2.24) is 4.90 Å². The van der Waals surface area contributed by atoms with E-state index in [1.165, 1.54) is 4.90 Å². The number of rotatable bonds is 0. The first-order valence-electron chi connectivity index (χ1n) is 2.50. The second kappa shape index (κ2) is 1.65. The van der Waals surface area contributed by atoms with E-state index in [0.717, 1.165) is 0 Å². The van der Waals surface area contributed by atoms with Gasteiger partial charge in [0, 0.05) is 20.0 Å². The van der Waals surface area contributed by atoms with Gasteiger partial charge in [0.25, 0.3) is 0 Å². The standard InChI is InChI=1S/C5H8FNO/c1-7-3-2-4(6)5(7)8/h8H,2-3H2,1H3.